The van der Waals surface area contributed by atoms with E-state index in [0.29, 0.717) is 5.56 Å². The van der Waals surface area contributed by atoms with Gasteiger partial charge in [-0.2, -0.15) is 0 Å². The molecule has 1 atom stereocenters. The lowest BCUT2D eigenvalue weighted by atomic mass is 10.1. The summed E-state index contributed by atoms with van der Waals surface area (Å²) in [5.74, 6) is -0.500. The van der Waals surface area contributed by atoms with Crippen LogP contribution in [0.5, 0.6) is 5.75 Å². The normalized spacial score (nSPS) is 13.0. The lowest BCUT2D eigenvalue weighted by Gasteiger charge is -2.16. The Morgan fingerprint density at radius 1 is 1.56 bits per heavy atom. The average Bonchev–Trinajstić information content (AvgIpc) is 2.38. The van der Waals surface area contributed by atoms with Crippen LogP contribution in [-0.2, 0) is 4.79 Å². The predicted octanol–water partition coefficient (Wildman–Crippen LogP) is 1.54. The van der Waals surface area contributed by atoms with Crippen molar-refractivity contribution in [3.8, 4) is 5.75 Å². The van der Waals surface area contributed by atoms with E-state index in [9.17, 15) is 9.18 Å². The molecule has 0 aliphatic rings. The van der Waals surface area contributed by atoms with Crippen molar-refractivity contribution in [2.45, 2.75) is 20.0 Å². The van der Waals surface area contributed by atoms with Gasteiger partial charge in [0, 0.05) is 12.6 Å². The van der Waals surface area contributed by atoms with Crippen molar-refractivity contribution in [2.24, 2.45) is 5.16 Å². The van der Waals surface area contributed by atoms with Gasteiger partial charge in [-0.25, -0.2) is 4.39 Å². The molecule has 1 amide bonds. The molecule has 2 N–H and O–H groups in total. The Morgan fingerprint density at radius 2 is 2.22 bits per heavy atom. The molecule has 0 heterocycles. The van der Waals surface area contributed by atoms with Crippen molar-refractivity contribution < 1.29 is 19.1 Å². The van der Waals surface area contributed by atoms with Crippen LogP contribution in [0.25, 0.3) is 0 Å². The van der Waals surface area contributed by atoms with Crippen molar-refractivity contribution in [1.82, 2.24) is 5.32 Å². The van der Waals surface area contributed by atoms with E-state index in [1.54, 1.807) is 6.92 Å². The fourth-order valence-corrected chi connectivity index (χ4v) is 1.39. The summed E-state index contributed by atoms with van der Waals surface area (Å²) < 4.78 is 18.5. The quantitative estimate of drug-likeness (QED) is 0.486. The van der Waals surface area contributed by atoms with E-state index in [0.717, 1.165) is 0 Å². The molecule has 0 saturated heterocycles. The van der Waals surface area contributed by atoms with E-state index >= 15 is 0 Å². The molecule has 0 saturated carbocycles. The Hall–Kier alpha value is -2.11. The number of carbonyl (C=O) groups excluding carboxylic acids is 1. The van der Waals surface area contributed by atoms with Crippen LogP contribution in [0.15, 0.2) is 23.4 Å². The molecule has 1 aromatic carbocycles. The summed E-state index contributed by atoms with van der Waals surface area (Å²) in [5, 5.41) is 14.2. The van der Waals surface area contributed by atoms with Gasteiger partial charge in [-0.1, -0.05) is 5.16 Å². The minimum atomic E-state index is -0.731. The summed E-state index contributed by atoms with van der Waals surface area (Å²) in [5.41, 5.74) is 0.502. The van der Waals surface area contributed by atoms with Gasteiger partial charge in [0.25, 0.3) is 5.91 Å². The summed E-state index contributed by atoms with van der Waals surface area (Å²) in [7, 11) is 1.49. The molecule has 0 spiro atoms. The van der Waals surface area contributed by atoms with Crippen LogP contribution in [-0.4, -0.2) is 30.0 Å². The molecular formula is C12H15FN2O3. The van der Waals surface area contributed by atoms with Crippen molar-refractivity contribution in [3.05, 3.63) is 29.6 Å². The molecular weight excluding hydrogens is 239 g/mol. The van der Waals surface area contributed by atoms with Gasteiger partial charge in [-0.15, -0.1) is 0 Å². The number of ether oxygens (including phenoxy) is 1. The highest BCUT2D eigenvalue weighted by molar-refractivity contribution is 6.00. The fraction of sp³-hybridized carbons (Fsp3) is 0.333. The molecule has 0 aliphatic heterocycles. The van der Waals surface area contributed by atoms with Gasteiger partial charge in [0.1, 0.15) is 11.6 Å². The zero-order valence-corrected chi connectivity index (χ0v) is 10.4. The third-order valence-electron chi connectivity index (χ3n) is 2.40. The second-order valence-corrected chi connectivity index (χ2v) is 3.70. The standard InChI is InChI=1S/C12H15FN2O3/c1-7(15-17)10-6-9(13)4-5-11(10)18-8(2)12(16)14-3/h4-6,8,17H,1-3H3,(H,14,16). The summed E-state index contributed by atoms with van der Waals surface area (Å²) >= 11 is 0. The highest BCUT2D eigenvalue weighted by atomic mass is 19.1. The molecule has 98 valence electrons. The van der Waals surface area contributed by atoms with Gasteiger partial charge >= 0.3 is 0 Å². The van der Waals surface area contributed by atoms with E-state index < -0.39 is 11.9 Å². The first-order chi connectivity index (χ1) is 8.49. The van der Waals surface area contributed by atoms with E-state index in [2.05, 4.69) is 10.5 Å². The summed E-state index contributed by atoms with van der Waals surface area (Å²) in [6, 6.07) is 3.78. The first-order valence-corrected chi connectivity index (χ1v) is 5.36. The molecule has 0 aliphatic carbocycles. The minimum absolute atomic E-state index is 0.202. The van der Waals surface area contributed by atoms with Crippen molar-refractivity contribution >= 4 is 11.6 Å². The van der Waals surface area contributed by atoms with Crippen LogP contribution in [0.2, 0.25) is 0 Å². The molecule has 1 unspecified atom stereocenters. The van der Waals surface area contributed by atoms with Gasteiger partial charge in [-0.05, 0) is 32.0 Å². The first-order valence-electron chi connectivity index (χ1n) is 5.36. The smallest absolute Gasteiger partial charge is 0.260 e. The molecule has 0 radical (unpaired) electrons. The Labute approximate surface area is 104 Å². The predicted molar refractivity (Wildman–Crippen MR) is 64.6 cm³/mol. The number of hydrogen-bond acceptors (Lipinski definition) is 4. The molecule has 5 nitrogen and oxygen atoms in total. The number of hydrogen-bond donors (Lipinski definition) is 2. The summed E-state index contributed by atoms with van der Waals surface area (Å²) in [6.45, 7) is 3.07. The number of benzene rings is 1. The maximum absolute atomic E-state index is 13.1. The minimum Gasteiger partial charge on any atom is -0.480 e. The van der Waals surface area contributed by atoms with Crippen molar-refractivity contribution in [3.63, 3.8) is 0 Å². The monoisotopic (exact) mass is 254 g/mol. The molecule has 1 aromatic rings. The maximum atomic E-state index is 13.1. The molecule has 0 fully saturated rings. The number of nitrogens with one attached hydrogen (secondary N) is 1. The third-order valence-corrected chi connectivity index (χ3v) is 2.40. The molecule has 1 rings (SSSR count). The average molecular weight is 254 g/mol. The number of likely N-dealkylation sites (N-methyl/N-ethyl adjacent to an activating group) is 1. The second kappa shape index (κ2) is 6.00. The Balaban J connectivity index is 3.05. The zero-order valence-electron chi connectivity index (χ0n) is 10.4. The van der Waals surface area contributed by atoms with E-state index in [1.807, 2.05) is 0 Å². The van der Waals surface area contributed by atoms with Gasteiger partial charge in [0.2, 0.25) is 0 Å². The van der Waals surface area contributed by atoms with Crippen LogP contribution in [0.3, 0.4) is 0 Å². The third kappa shape index (κ3) is 3.19. The Morgan fingerprint density at radius 3 is 2.78 bits per heavy atom. The van der Waals surface area contributed by atoms with Gasteiger partial charge < -0.3 is 15.3 Å². The fourth-order valence-electron chi connectivity index (χ4n) is 1.39. The molecule has 0 bridgehead atoms. The van der Waals surface area contributed by atoms with E-state index in [1.165, 1.54) is 32.2 Å². The Kier molecular flexibility index (Phi) is 4.65. The molecule has 6 heteroatoms. The first kappa shape index (κ1) is 14.0. The SMILES string of the molecule is CNC(=O)C(C)Oc1ccc(F)cc1C(C)=NO. The van der Waals surface area contributed by atoms with E-state index in [4.69, 9.17) is 9.94 Å². The maximum Gasteiger partial charge on any atom is 0.260 e. The highest BCUT2D eigenvalue weighted by Crippen LogP contribution is 2.22. The molecule has 18 heavy (non-hydrogen) atoms. The Bertz CT molecular complexity index is 474. The summed E-state index contributed by atoms with van der Waals surface area (Å²) in [6.07, 6.45) is -0.731. The lowest BCUT2D eigenvalue weighted by Crippen LogP contribution is -2.34. The van der Waals surface area contributed by atoms with Crippen molar-refractivity contribution in [2.75, 3.05) is 7.05 Å². The van der Waals surface area contributed by atoms with Gasteiger partial charge in [-0.3, -0.25) is 4.79 Å². The lowest BCUT2D eigenvalue weighted by molar-refractivity contribution is -0.126. The van der Waals surface area contributed by atoms with Crippen LogP contribution < -0.4 is 10.1 Å². The molecule has 0 aromatic heterocycles. The largest absolute Gasteiger partial charge is 0.480 e. The highest BCUT2D eigenvalue weighted by Gasteiger charge is 2.16. The number of nitrogens with zero attached hydrogens (tertiary/aromatic N) is 1. The van der Waals surface area contributed by atoms with Crippen LogP contribution in [0, 0.1) is 5.82 Å². The van der Waals surface area contributed by atoms with Gasteiger partial charge in [0.15, 0.2) is 6.10 Å². The number of rotatable bonds is 4. The van der Waals surface area contributed by atoms with Crippen LogP contribution >= 0.6 is 0 Å². The number of amides is 1. The van der Waals surface area contributed by atoms with Crippen LogP contribution in [0.4, 0.5) is 4.39 Å². The number of halogens is 1. The topological polar surface area (TPSA) is 70.9 Å². The van der Waals surface area contributed by atoms with Crippen molar-refractivity contribution in [1.29, 1.82) is 0 Å². The number of oxime groups is 1. The second-order valence-electron chi connectivity index (χ2n) is 3.70. The van der Waals surface area contributed by atoms with Crippen LogP contribution in [0.1, 0.15) is 19.4 Å². The zero-order chi connectivity index (χ0) is 13.7. The number of carbonyl (C=O) groups is 1. The van der Waals surface area contributed by atoms with Gasteiger partial charge in [0.05, 0.1) is 5.71 Å². The summed E-state index contributed by atoms with van der Waals surface area (Å²) in [4.78, 5) is 11.3. The van der Waals surface area contributed by atoms with E-state index in [-0.39, 0.29) is 17.4 Å².